The number of nitrogens with one attached hydrogen (secondary N) is 1. The van der Waals surface area contributed by atoms with Gasteiger partial charge in [-0.05, 0) is 6.92 Å². The smallest absolute Gasteiger partial charge is 0.388 e. The van der Waals surface area contributed by atoms with Gasteiger partial charge in [-0.1, -0.05) is 9.25 Å². The number of rotatable bonds is 10. The molecule has 2 aliphatic rings. The fraction of sp³-hybridized carbons (Fsp3) is 0.733. The fourth-order valence-electron chi connectivity index (χ4n) is 3.40. The molecule has 2 saturated heterocycles. The summed E-state index contributed by atoms with van der Waals surface area (Å²) in [6.45, 7) is 0.442. The van der Waals surface area contributed by atoms with Crippen LogP contribution in [0.15, 0.2) is 21.9 Å². The predicted molar refractivity (Wildman–Crippen MR) is 111 cm³/mol. The summed E-state index contributed by atoms with van der Waals surface area (Å²) in [6, 6.07) is 0.968. The average molecular weight is 582 g/mol. The molecule has 0 saturated carbocycles. The lowest BCUT2D eigenvalue weighted by atomic mass is 10.0. The topological polar surface area (TPSA) is 310 Å². The van der Waals surface area contributed by atoms with Crippen molar-refractivity contribution in [2.75, 3.05) is 6.61 Å². The molecule has 1 aromatic rings. The van der Waals surface area contributed by atoms with Crippen LogP contribution in [0.5, 0.6) is 0 Å². The van der Waals surface area contributed by atoms with Crippen LogP contribution in [0.25, 0.3) is 0 Å². The number of aliphatic hydroxyl groups is 5. The number of ether oxygens (including phenoxy) is 2. The van der Waals surface area contributed by atoms with Crippen molar-refractivity contribution >= 4 is 15.6 Å². The summed E-state index contributed by atoms with van der Waals surface area (Å²) in [6.07, 6.45) is -13.6. The number of H-pyrrole nitrogens is 1. The van der Waals surface area contributed by atoms with Crippen molar-refractivity contribution in [3.05, 3.63) is 33.1 Å². The van der Waals surface area contributed by atoms with E-state index in [1.807, 2.05) is 4.98 Å². The molecule has 3 heterocycles. The Morgan fingerprint density at radius 3 is 2.22 bits per heavy atom. The minimum Gasteiger partial charge on any atom is -0.388 e. The standard InChI is InChI=1S/C15H27N4O16P2/c1-5-8(21)10(23)12(25)14(30-5)32-37(28,34-17)35-36(27,33-16)29-4-6-9(22)11(24)13(31-6)19-3-2-7(20)18-15(19)26/h2-3,5-6,8-14,21-25H,4H2,1,16-17H3/q+1/p+1/t5?,6-,8?,9-,10?,11-,12?,13-,14?,36?,37?/m1/s1. The molecule has 7 unspecified atom stereocenters. The van der Waals surface area contributed by atoms with Crippen molar-refractivity contribution in [3.8, 4) is 0 Å². The van der Waals surface area contributed by atoms with Gasteiger partial charge >= 0.3 is 21.3 Å². The predicted octanol–water partition coefficient (Wildman–Crippen LogP) is -5.40. The summed E-state index contributed by atoms with van der Waals surface area (Å²) in [5, 5.41) is 50.2. The lowest BCUT2D eigenvalue weighted by Crippen LogP contribution is -2.57. The Kier molecular flexibility index (Phi) is 9.58. The van der Waals surface area contributed by atoms with Crippen LogP contribution in [0.4, 0.5) is 0 Å². The molecular formula is C15H28N4O16P2+2. The van der Waals surface area contributed by atoms with Gasteiger partial charge in [0.2, 0.25) is 0 Å². The van der Waals surface area contributed by atoms with Crippen molar-refractivity contribution in [1.29, 1.82) is 0 Å². The van der Waals surface area contributed by atoms with Gasteiger partial charge in [-0.3, -0.25) is 23.4 Å². The van der Waals surface area contributed by atoms with Crippen LogP contribution in [0.3, 0.4) is 0 Å². The number of hydrogen-bond acceptors (Lipinski definition) is 16. The molecule has 3 rings (SSSR count). The van der Waals surface area contributed by atoms with Crippen molar-refractivity contribution in [2.24, 2.45) is 0 Å². The first-order valence-corrected chi connectivity index (χ1v) is 13.3. The molecule has 11 atom stereocenters. The molecular weight excluding hydrogens is 554 g/mol. The van der Waals surface area contributed by atoms with E-state index in [4.69, 9.17) is 22.8 Å². The summed E-state index contributed by atoms with van der Waals surface area (Å²) in [7, 11) is -10.0. The highest BCUT2D eigenvalue weighted by molar-refractivity contribution is 7.62. The molecule has 0 amide bonds. The van der Waals surface area contributed by atoms with Crippen molar-refractivity contribution in [2.45, 2.75) is 62.2 Å². The van der Waals surface area contributed by atoms with Gasteiger partial charge < -0.3 is 35.0 Å². The van der Waals surface area contributed by atoms with Gasteiger partial charge in [0.05, 0.1) is 12.7 Å². The Labute approximate surface area is 206 Å². The largest absolute Gasteiger partial charge is 0.532 e. The van der Waals surface area contributed by atoms with Crippen LogP contribution in [0, 0.1) is 0 Å². The van der Waals surface area contributed by atoms with Gasteiger partial charge in [-0.15, -0.1) is 0 Å². The molecule has 0 bridgehead atoms. The second-order valence-corrected chi connectivity index (χ2v) is 11.3. The number of nitrogens with zero attached hydrogens (tertiary/aromatic N) is 1. The van der Waals surface area contributed by atoms with Gasteiger partial charge in [0.1, 0.15) is 36.6 Å². The van der Waals surface area contributed by atoms with E-state index in [1.54, 1.807) is 0 Å². The quantitative estimate of drug-likeness (QED) is 0.0942. The molecule has 37 heavy (non-hydrogen) atoms. The highest BCUT2D eigenvalue weighted by atomic mass is 31.3. The lowest BCUT2D eigenvalue weighted by molar-refractivity contribution is -0.648. The maximum Gasteiger partial charge on any atom is 0.532 e. The van der Waals surface area contributed by atoms with Crippen molar-refractivity contribution < 1.29 is 78.5 Å². The third-order valence-electron chi connectivity index (χ3n) is 5.42. The lowest BCUT2D eigenvalue weighted by Gasteiger charge is -2.39. The summed E-state index contributed by atoms with van der Waals surface area (Å²) < 4.78 is 60.3. The molecule has 2 fully saturated rings. The van der Waals surface area contributed by atoms with Crippen LogP contribution in [-0.4, -0.2) is 90.7 Å². The number of hydrogen-bond donors (Lipinski definition) is 8. The second kappa shape index (κ2) is 11.8. The molecule has 0 aromatic carbocycles. The van der Waals surface area contributed by atoms with E-state index in [9.17, 15) is 44.3 Å². The molecule has 2 aliphatic heterocycles. The summed E-state index contributed by atoms with van der Waals surface area (Å²) in [5.74, 6) is 5.75. The van der Waals surface area contributed by atoms with E-state index in [-0.39, 0.29) is 0 Å². The SMILES string of the molecule is CC1OC(OP(=O)(O[NH3+])OP(=O)(O[NH3+])OC[C@H]2O[C@@H](n3ccc(=O)[nH]c3=O)[C@H](O)[C@@H]2O)C(O)C(O)C1O. The van der Waals surface area contributed by atoms with Crippen LogP contribution < -0.4 is 23.0 Å². The van der Waals surface area contributed by atoms with E-state index in [1.165, 1.54) is 6.92 Å². The van der Waals surface area contributed by atoms with Crippen molar-refractivity contribution in [1.82, 2.24) is 9.55 Å². The monoisotopic (exact) mass is 582 g/mol. The molecule has 12 N–H and O–H groups in total. The first-order chi connectivity index (χ1) is 17.2. The maximum absolute atomic E-state index is 12.9. The Balaban J connectivity index is 1.68. The summed E-state index contributed by atoms with van der Waals surface area (Å²) in [5.41, 5.74) is -1.67. The van der Waals surface area contributed by atoms with E-state index in [2.05, 4.69) is 21.0 Å². The van der Waals surface area contributed by atoms with Gasteiger partial charge in [0, 0.05) is 12.3 Å². The Hall–Kier alpha value is -1.42. The highest BCUT2D eigenvalue weighted by Gasteiger charge is 2.52. The van der Waals surface area contributed by atoms with Gasteiger partial charge in [-0.2, -0.15) is 4.31 Å². The Morgan fingerprint density at radius 2 is 1.62 bits per heavy atom. The van der Waals surface area contributed by atoms with Crippen LogP contribution in [0.2, 0.25) is 0 Å². The third-order valence-corrected chi connectivity index (χ3v) is 8.58. The minimum atomic E-state index is -5.05. The number of aromatic nitrogens is 2. The molecule has 0 aliphatic carbocycles. The molecule has 20 nitrogen and oxygen atoms in total. The van der Waals surface area contributed by atoms with Crippen molar-refractivity contribution in [3.63, 3.8) is 0 Å². The van der Waals surface area contributed by atoms with Gasteiger partial charge in [-0.25, -0.2) is 25.7 Å². The number of aromatic amines is 1. The first kappa shape index (κ1) is 30.1. The van der Waals surface area contributed by atoms with E-state index in [0.29, 0.717) is 0 Å². The van der Waals surface area contributed by atoms with Gasteiger partial charge in [0.15, 0.2) is 12.5 Å². The van der Waals surface area contributed by atoms with E-state index < -0.39 is 88.7 Å². The maximum atomic E-state index is 12.9. The summed E-state index contributed by atoms with van der Waals surface area (Å²) >= 11 is 0. The van der Waals surface area contributed by atoms with E-state index >= 15 is 0 Å². The van der Waals surface area contributed by atoms with E-state index in [0.717, 1.165) is 16.8 Å². The zero-order chi connectivity index (χ0) is 27.7. The Bertz CT molecular complexity index is 1150. The fourth-order valence-corrected chi connectivity index (χ4v) is 5.99. The molecule has 0 radical (unpaired) electrons. The number of phosphoric acid groups is 2. The minimum absolute atomic E-state index is 0.717. The molecule has 0 spiro atoms. The number of aliphatic hydroxyl groups excluding tert-OH is 5. The molecule has 1 aromatic heterocycles. The second-order valence-electron chi connectivity index (χ2n) is 7.88. The number of quaternary nitrogens is 2. The summed E-state index contributed by atoms with van der Waals surface area (Å²) in [4.78, 5) is 25.2. The molecule has 22 heteroatoms. The van der Waals surface area contributed by atoms with Crippen LogP contribution in [0.1, 0.15) is 13.2 Å². The zero-order valence-electron chi connectivity index (χ0n) is 19.0. The highest BCUT2D eigenvalue weighted by Crippen LogP contribution is 2.65. The Morgan fingerprint density at radius 1 is 0.973 bits per heavy atom. The average Bonchev–Trinajstić information content (AvgIpc) is 3.13. The van der Waals surface area contributed by atoms with Crippen LogP contribution in [-0.2, 0) is 41.2 Å². The van der Waals surface area contributed by atoms with Crippen LogP contribution >= 0.6 is 15.6 Å². The zero-order valence-corrected chi connectivity index (χ0v) is 20.8. The third kappa shape index (κ3) is 6.60. The normalized spacial score (nSPS) is 37.7. The van der Waals surface area contributed by atoms with Gasteiger partial charge in [0.25, 0.3) is 5.56 Å². The first-order valence-electron chi connectivity index (χ1n) is 10.4. The molecule has 212 valence electrons.